The minimum Gasteiger partial charge on any atom is -0.496 e. The molecule has 0 spiro atoms. The van der Waals surface area contributed by atoms with E-state index in [9.17, 15) is 19.2 Å². The van der Waals surface area contributed by atoms with Gasteiger partial charge in [0.25, 0.3) is 17.7 Å². The maximum absolute atomic E-state index is 12.6. The maximum Gasteiger partial charge on any atom is 0.261 e. The Morgan fingerprint density at radius 1 is 1.10 bits per heavy atom. The van der Waals surface area contributed by atoms with Crippen LogP contribution in [0.1, 0.15) is 49.9 Å². The van der Waals surface area contributed by atoms with Crippen molar-refractivity contribution >= 4 is 23.6 Å². The molecule has 30 heavy (non-hydrogen) atoms. The highest BCUT2D eigenvalue weighted by Crippen LogP contribution is 2.17. The first-order valence-corrected chi connectivity index (χ1v) is 10.1. The van der Waals surface area contributed by atoms with Gasteiger partial charge in [-0.25, -0.2) is 0 Å². The summed E-state index contributed by atoms with van der Waals surface area (Å²) in [6.45, 7) is 3.98. The second-order valence-corrected chi connectivity index (χ2v) is 7.56. The Labute approximate surface area is 176 Å². The molecule has 164 valence electrons. The predicted molar refractivity (Wildman–Crippen MR) is 110 cm³/mol. The molecular weight excluding hydrogens is 388 g/mol. The lowest BCUT2D eigenvalue weighted by molar-refractivity contribution is -0.137. The molecule has 1 aromatic rings. The second kappa shape index (κ2) is 11.2. The number of hydrogen-bond acceptors (Lipinski definition) is 5. The lowest BCUT2D eigenvalue weighted by Crippen LogP contribution is -2.55. The van der Waals surface area contributed by atoms with Gasteiger partial charge in [0.2, 0.25) is 5.91 Å². The lowest BCUT2D eigenvalue weighted by atomic mass is 10.0. The van der Waals surface area contributed by atoms with Crippen molar-refractivity contribution in [2.24, 2.45) is 5.92 Å². The van der Waals surface area contributed by atoms with Crippen molar-refractivity contribution in [2.45, 2.75) is 45.6 Å². The fraction of sp³-hybridized carbons (Fsp3) is 0.524. The van der Waals surface area contributed by atoms with E-state index in [2.05, 4.69) is 16.2 Å². The molecule has 0 bridgehead atoms. The molecule has 2 rings (SSSR count). The van der Waals surface area contributed by atoms with E-state index in [0.717, 1.165) is 19.3 Å². The molecule has 1 fully saturated rings. The summed E-state index contributed by atoms with van der Waals surface area (Å²) in [5.41, 5.74) is 4.99. The molecule has 0 saturated carbocycles. The van der Waals surface area contributed by atoms with Gasteiger partial charge in [-0.15, -0.1) is 0 Å². The Morgan fingerprint density at radius 2 is 1.83 bits per heavy atom. The number of benzene rings is 1. The summed E-state index contributed by atoms with van der Waals surface area (Å²) in [6.07, 6.45) is 3.08. The van der Waals surface area contributed by atoms with Gasteiger partial charge in [-0.1, -0.05) is 32.4 Å². The number of hydrogen-bond donors (Lipinski definition) is 3. The first kappa shape index (κ1) is 23.2. The largest absolute Gasteiger partial charge is 0.496 e. The monoisotopic (exact) mass is 418 g/mol. The van der Waals surface area contributed by atoms with E-state index in [-0.39, 0.29) is 18.4 Å². The minimum atomic E-state index is -0.873. The Bertz CT molecular complexity index is 780. The van der Waals surface area contributed by atoms with Crippen LogP contribution < -0.4 is 20.9 Å². The van der Waals surface area contributed by atoms with Crippen LogP contribution in [-0.2, 0) is 14.4 Å². The Hall–Kier alpha value is -3.10. The summed E-state index contributed by atoms with van der Waals surface area (Å²) < 4.78 is 5.19. The summed E-state index contributed by atoms with van der Waals surface area (Å²) >= 11 is 0. The topological polar surface area (TPSA) is 117 Å². The fourth-order valence-corrected chi connectivity index (χ4v) is 3.21. The first-order valence-electron chi connectivity index (χ1n) is 10.1. The average molecular weight is 418 g/mol. The van der Waals surface area contributed by atoms with Crippen LogP contribution in [0.5, 0.6) is 5.75 Å². The summed E-state index contributed by atoms with van der Waals surface area (Å²) in [6, 6.07) is 5.83. The molecule has 1 aliphatic heterocycles. The van der Waals surface area contributed by atoms with Gasteiger partial charge in [0.1, 0.15) is 18.3 Å². The zero-order valence-corrected chi connectivity index (χ0v) is 17.7. The van der Waals surface area contributed by atoms with Crippen LogP contribution in [0.4, 0.5) is 0 Å². The highest BCUT2D eigenvalue weighted by atomic mass is 16.5. The van der Waals surface area contributed by atoms with E-state index in [0.29, 0.717) is 24.3 Å². The summed E-state index contributed by atoms with van der Waals surface area (Å²) in [7, 11) is 1.46. The van der Waals surface area contributed by atoms with E-state index in [1.165, 1.54) is 12.0 Å². The summed E-state index contributed by atoms with van der Waals surface area (Å²) in [5, 5.41) is 2.68. The smallest absolute Gasteiger partial charge is 0.261 e. The average Bonchev–Trinajstić information content (AvgIpc) is 2.93. The van der Waals surface area contributed by atoms with Crippen LogP contribution in [0, 0.1) is 5.92 Å². The number of para-hydroxylation sites is 1. The zero-order chi connectivity index (χ0) is 22.1. The van der Waals surface area contributed by atoms with Gasteiger partial charge in [0.05, 0.1) is 12.7 Å². The summed E-state index contributed by atoms with van der Waals surface area (Å²) in [4.78, 5) is 50.8. The number of carbonyl (C=O) groups excluding carboxylic acids is 4. The van der Waals surface area contributed by atoms with E-state index < -0.39 is 23.8 Å². The van der Waals surface area contributed by atoms with Crippen LogP contribution in [0.15, 0.2) is 24.3 Å². The molecule has 1 aliphatic rings. The van der Waals surface area contributed by atoms with Crippen LogP contribution in [0.25, 0.3) is 0 Å². The van der Waals surface area contributed by atoms with Crippen molar-refractivity contribution in [1.29, 1.82) is 0 Å². The molecule has 0 aliphatic carbocycles. The highest BCUT2D eigenvalue weighted by Gasteiger charge is 2.26. The molecule has 0 aromatic heterocycles. The van der Waals surface area contributed by atoms with Crippen molar-refractivity contribution in [1.82, 2.24) is 21.1 Å². The second-order valence-electron chi connectivity index (χ2n) is 7.56. The van der Waals surface area contributed by atoms with Crippen LogP contribution in [0.2, 0.25) is 0 Å². The van der Waals surface area contributed by atoms with Crippen molar-refractivity contribution in [3.05, 3.63) is 29.8 Å². The van der Waals surface area contributed by atoms with Crippen LogP contribution >= 0.6 is 0 Å². The highest BCUT2D eigenvalue weighted by molar-refractivity contribution is 6.00. The van der Waals surface area contributed by atoms with Gasteiger partial charge in [0.15, 0.2) is 0 Å². The quantitative estimate of drug-likeness (QED) is 0.571. The number of rotatable bonds is 7. The van der Waals surface area contributed by atoms with E-state index in [1.54, 1.807) is 38.1 Å². The number of hydrazine groups is 1. The number of methoxy groups -OCH3 is 1. The lowest BCUT2D eigenvalue weighted by Gasteiger charge is -2.23. The third-order valence-corrected chi connectivity index (χ3v) is 4.92. The predicted octanol–water partition coefficient (Wildman–Crippen LogP) is 1.000. The molecule has 1 atom stereocenters. The number of nitrogens with zero attached hydrogens (tertiary/aromatic N) is 1. The maximum atomic E-state index is 12.6. The Morgan fingerprint density at radius 3 is 2.53 bits per heavy atom. The molecule has 3 N–H and O–H groups in total. The summed E-state index contributed by atoms with van der Waals surface area (Å²) in [5.74, 6) is -1.39. The standard InChI is InChI=1S/C21H30N4O5/c1-14(2)19(22-20(28)15-9-6-7-10-16(15)30-3)21(29)24-23-17(26)13-25-12-8-4-5-11-18(25)27/h6-7,9-10,14,19H,4-5,8,11-13H2,1-3H3,(H,22,28)(H,23,26)(H,24,29)/t19-/m0/s1. The van der Waals surface area contributed by atoms with Crippen LogP contribution in [0.3, 0.4) is 0 Å². The third kappa shape index (κ3) is 6.47. The first-order chi connectivity index (χ1) is 14.3. The van der Waals surface area contributed by atoms with Gasteiger partial charge in [-0.3, -0.25) is 30.0 Å². The van der Waals surface area contributed by atoms with E-state index in [1.807, 2.05) is 0 Å². The molecule has 1 aromatic carbocycles. The van der Waals surface area contributed by atoms with Gasteiger partial charge in [0, 0.05) is 13.0 Å². The number of ether oxygens (including phenoxy) is 1. The van der Waals surface area contributed by atoms with Crippen molar-refractivity contribution in [3.63, 3.8) is 0 Å². The number of carbonyl (C=O) groups is 4. The van der Waals surface area contributed by atoms with Crippen molar-refractivity contribution in [2.75, 3.05) is 20.2 Å². The van der Waals surface area contributed by atoms with Gasteiger partial charge in [-0.2, -0.15) is 0 Å². The molecule has 1 saturated heterocycles. The third-order valence-electron chi connectivity index (χ3n) is 4.92. The normalized spacial score (nSPS) is 15.2. The van der Waals surface area contributed by atoms with E-state index in [4.69, 9.17) is 4.74 Å². The number of amides is 4. The molecule has 0 radical (unpaired) electrons. The van der Waals surface area contributed by atoms with Crippen LogP contribution in [-0.4, -0.2) is 54.8 Å². The Kier molecular flexibility index (Phi) is 8.64. The SMILES string of the molecule is COc1ccccc1C(=O)N[C@H](C(=O)NNC(=O)CN1CCCCCC1=O)C(C)C. The minimum absolute atomic E-state index is 0.0573. The molecule has 1 heterocycles. The van der Waals surface area contributed by atoms with Gasteiger partial charge >= 0.3 is 0 Å². The van der Waals surface area contributed by atoms with Crippen molar-refractivity contribution < 1.29 is 23.9 Å². The number of likely N-dealkylation sites (tertiary alicyclic amines) is 1. The molecule has 9 heteroatoms. The molecule has 0 unspecified atom stereocenters. The Balaban J connectivity index is 1.92. The molecule has 9 nitrogen and oxygen atoms in total. The molecular formula is C21H30N4O5. The molecule has 4 amide bonds. The van der Waals surface area contributed by atoms with Gasteiger partial charge < -0.3 is 15.0 Å². The number of nitrogens with one attached hydrogen (secondary N) is 3. The van der Waals surface area contributed by atoms with Crippen molar-refractivity contribution in [3.8, 4) is 5.75 Å². The zero-order valence-electron chi connectivity index (χ0n) is 17.7. The van der Waals surface area contributed by atoms with Gasteiger partial charge in [-0.05, 0) is 30.9 Å². The fourth-order valence-electron chi connectivity index (χ4n) is 3.21. The van der Waals surface area contributed by atoms with E-state index >= 15 is 0 Å².